The van der Waals surface area contributed by atoms with Crippen LogP contribution >= 0.6 is 0 Å². The molecule has 21 heavy (non-hydrogen) atoms. The van der Waals surface area contributed by atoms with Crippen LogP contribution in [0, 0.1) is 20.8 Å². The number of aryl methyl sites for hydroxylation is 5. The average Bonchev–Trinajstić information content (AvgIpc) is 2.52. The lowest BCUT2D eigenvalue weighted by Crippen LogP contribution is -2.05. The Morgan fingerprint density at radius 1 is 0.619 bits per heavy atom. The van der Waals surface area contributed by atoms with E-state index in [1.165, 1.54) is 51.8 Å². The van der Waals surface area contributed by atoms with E-state index in [4.69, 9.17) is 0 Å². The summed E-state index contributed by atoms with van der Waals surface area (Å²) >= 11 is 0. The molecule has 0 saturated carbocycles. The summed E-state index contributed by atoms with van der Waals surface area (Å²) in [6.07, 6.45) is 2.37. The zero-order chi connectivity index (χ0) is 16.0. The third-order valence-corrected chi connectivity index (χ3v) is 3.93. The fraction of sp³-hybridized carbons (Fsp3) is 0.429. The van der Waals surface area contributed by atoms with Crippen molar-refractivity contribution in [3.8, 4) is 11.1 Å². The molecular weight excluding hydrogens is 252 g/mol. The van der Waals surface area contributed by atoms with Crippen molar-refractivity contribution in [3.63, 3.8) is 0 Å². The minimum Gasteiger partial charge on any atom is -0.0683 e. The van der Waals surface area contributed by atoms with Gasteiger partial charge in [-0.3, -0.25) is 0 Å². The summed E-state index contributed by atoms with van der Waals surface area (Å²) in [5, 5.41) is 0. The first-order valence-electron chi connectivity index (χ1n) is 8.35. The molecule has 0 heteroatoms. The van der Waals surface area contributed by atoms with Gasteiger partial charge in [0, 0.05) is 0 Å². The summed E-state index contributed by atoms with van der Waals surface area (Å²) in [5.74, 6) is 0. The van der Waals surface area contributed by atoms with Crippen molar-refractivity contribution < 1.29 is 0 Å². The Morgan fingerprint density at radius 2 is 1.14 bits per heavy atom. The van der Waals surface area contributed by atoms with Crippen LogP contribution in [0.2, 0.25) is 0 Å². The molecule has 3 rings (SSSR count). The lowest BCUT2D eigenvalue weighted by Gasteiger charge is -2.21. The second-order valence-corrected chi connectivity index (χ2v) is 5.25. The van der Waals surface area contributed by atoms with Gasteiger partial charge < -0.3 is 0 Å². The first-order valence-corrected chi connectivity index (χ1v) is 8.35. The molecule has 0 aromatic heterocycles. The van der Waals surface area contributed by atoms with Gasteiger partial charge in [-0.1, -0.05) is 63.6 Å². The molecule has 2 aromatic carbocycles. The lowest BCUT2D eigenvalue weighted by atomic mass is 9.83. The van der Waals surface area contributed by atoms with Crippen LogP contribution in [0.5, 0.6) is 0 Å². The standard InChI is InChI=1S/C17H18.2C2H6/c1-11-4-7-16-14(8-11)5-6-15-9-12(2)13(3)10-17(15)16;2*1-2/h4,7-10H,5-6H2,1-3H3;2*1-2H3. The molecule has 0 unspecified atom stereocenters. The molecule has 0 bridgehead atoms. The Morgan fingerprint density at radius 3 is 1.76 bits per heavy atom. The van der Waals surface area contributed by atoms with Gasteiger partial charge in [-0.05, 0) is 67.0 Å². The van der Waals surface area contributed by atoms with E-state index in [0.717, 1.165) is 0 Å². The molecule has 0 amide bonds. The van der Waals surface area contributed by atoms with Gasteiger partial charge in [-0.15, -0.1) is 0 Å². The Bertz CT molecular complexity index is 591. The molecular formula is C21H30. The van der Waals surface area contributed by atoms with Crippen LogP contribution in [-0.4, -0.2) is 0 Å². The van der Waals surface area contributed by atoms with Gasteiger partial charge in [0.2, 0.25) is 0 Å². The number of fused-ring (bicyclic) bond motifs is 3. The van der Waals surface area contributed by atoms with E-state index < -0.39 is 0 Å². The quantitative estimate of drug-likeness (QED) is 0.522. The fourth-order valence-corrected chi connectivity index (χ4v) is 2.79. The summed E-state index contributed by atoms with van der Waals surface area (Å²) in [5.41, 5.74) is 10.1. The van der Waals surface area contributed by atoms with Crippen LogP contribution < -0.4 is 0 Å². The van der Waals surface area contributed by atoms with Gasteiger partial charge in [0.05, 0.1) is 0 Å². The molecule has 0 saturated heterocycles. The van der Waals surface area contributed by atoms with Crippen molar-refractivity contribution >= 4 is 0 Å². The maximum Gasteiger partial charge on any atom is -0.0146 e. The molecule has 0 aliphatic heterocycles. The number of rotatable bonds is 0. The van der Waals surface area contributed by atoms with Crippen LogP contribution in [0.25, 0.3) is 11.1 Å². The summed E-state index contributed by atoms with van der Waals surface area (Å²) in [7, 11) is 0. The van der Waals surface area contributed by atoms with E-state index in [9.17, 15) is 0 Å². The topological polar surface area (TPSA) is 0 Å². The van der Waals surface area contributed by atoms with Gasteiger partial charge in [0.15, 0.2) is 0 Å². The third-order valence-electron chi connectivity index (χ3n) is 3.93. The zero-order valence-electron chi connectivity index (χ0n) is 14.8. The van der Waals surface area contributed by atoms with E-state index in [1.807, 2.05) is 27.7 Å². The van der Waals surface area contributed by atoms with Crippen molar-refractivity contribution in [2.75, 3.05) is 0 Å². The van der Waals surface area contributed by atoms with E-state index in [0.29, 0.717) is 0 Å². The van der Waals surface area contributed by atoms with Crippen LogP contribution in [0.4, 0.5) is 0 Å². The maximum atomic E-state index is 2.37. The first-order chi connectivity index (χ1) is 10.1. The number of hydrogen-bond donors (Lipinski definition) is 0. The van der Waals surface area contributed by atoms with Crippen LogP contribution in [0.15, 0.2) is 30.3 Å². The number of benzene rings is 2. The highest BCUT2D eigenvalue weighted by atomic mass is 14.2. The summed E-state index contributed by atoms with van der Waals surface area (Å²) < 4.78 is 0. The summed E-state index contributed by atoms with van der Waals surface area (Å²) in [6, 6.07) is 11.6. The SMILES string of the molecule is CC.CC.Cc1ccc2c(c1)CCc1cc(C)c(C)cc1-2. The van der Waals surface area contributed by atoms with Crippen molar-refractivity contribution in [3.05, 3.63) is 58.1 Å². The highest BCUT2D eigenvalue weighted by Gasteiger charge is 2.16. The zero-order valence-corrected chi connectivity index (χ0v) is 14.8. The molecule has 2 aromatic rings. The smallest absolute Gasteiger partial charge is 0.0146 e. The normalized spacial score (nSPS) is 11.2. The molecule has 0 spiro atoms. The van der Waals surface area contributed by atoms with Crippen molar-refractivity contribution in [2.24, 2.45) is 0 Å². The van der Waals surface area contributed by atoms with Crippen LogP contribution in [-0.2, 0) is 12.8 Å². The summed E-state index contributed by atoms with van der Waals surface area (Å²) in [6.45, 7) is 14.6. The fourth-order valence-electron chi connectivity index (χ4n) is 2.79. The predicted octanol–water partition coefficient (Wildman–Crippen LogP) is 6.43. The highest BCUT2D eigenvalue weighted by molar-refractivity contribution is 5.74. The monoisotopic (exact) mass is 282 g/mol. The highest BCUT2D eigenvalue weighted by Crippen LogP contribution is 2.35. The van der Waals surface area contributed by atoms with Crippen molar-refractivity contribution in [2.45, 2.75) is 61.3 Å². The molecule has 0 N–H and O–H groups in total. The predicted molar refractivity (Wildman–Crippen MR) is 96.2 cm³/mol. The molecule has 0 atom stereocenters. The van der Waals surface area contributed by atoms with Gasteiger partial charge in [0.25, 0.3) is 0 Å². The molecule has 0 heterocycles. The van der Waals surface area contributed by atoms with Crippen molar-refractivity contribution in [1.29, 1.82) is 0 Å². The molecule has 0 radical (unpaired) electrons. The van der Waals surface area contributed by atoms with E-state index in [2.05, 4.69) is 51.1 Å². The Kier molecular flexibility index (Phi) is 6.68. The van der Waals surface area contributed by atoms with E-state index in [1.54, 1.807) is 0 Å². The third kappa shape index (κ3) is 3.75. The van der Waals surface area contributed by atoms with Crippen LogP contribution in [0.1, 0.15) is 55.5 Å². The maximum absolute atomic E-state index is 2.37. The first kappa shape index (κ1) is 17.5. The Labute approximate surface area is 131 Å². The second kappa shape index (κ2) is 8.02. The number of hydrogen-bond acceptors (Lipinski definition) is 0. The summed E-state index contributed by atoms with van der Waals surface area (Å²) in [4.78, 5) is 0. The minimum atomic E-state index is 1.19. The van der Waals surface area contributed by atoms with Crippen molar-refractivity contribution in [1.82, 2.24) is 0 Å². The average molecular weight is 282 g/mol. The molecule has 1 aliphatic carbocycles. The molecule has 1 aliphatic rings. The largest absolute Gasteiger partial charge is 0.0683 e. The second-order valence-electron chi connectivity index (χ2n) is 5.25. The Balaban J connectivity index is 0.000000510. The lowest BCUT2D eigenvalue weighted by molar-refractivity contribution is 0.935. The van der Waals surface area contributed by atoms with E-state index >= 15 is 0 Å². The minimum absolute atomic E-state index is 1.19. The Hall–Kier alpha value is -1.56. The van der Waals surface area contributed by atoms with Gasteiger partial charge in [-0.25, -0.2) is 0 Å². The van der Waals surface area contributed by atoms with Crippen LogP contribution in [0.3, 0.4) is 0 Å². The van der Waals surface area contributed by atoms with Gasteiger partial charge >= 0.3 is 0 Å². The molecule has 0 nitrogen and oxygen atoms in total. The van der Waals surface area contributed by atoms with E-state index in [-0.39, 0.29) is 0 Å². The molecule has 0 fully saturated rings. The van der Waals surface area contributed by atoms with Gasteiger partial charge in [-0.2, -0.15) is 0 Å². The van der Waals surface area contributed by atoms with Gasteiger partial charge in [0.1, 0.15) is 0 Å². The molecule has 114 valence electrons.